The van der Waals surface area contributed by atoms with Gasteiger partial charge in [-0.1, -0.05) is 995 Å². The maximum absolute atomic E-state index is 2.00. The van der Waals surface area contributed by atoms with E-state index in [-0.39, 0.29) is 66.8 Å². The summed E-state index contributed by atoms with van der Waals surface area (Å²) < 4.78 is 0. The molecular formula is C143H438. The molecule has 0 aromatic carbocycles. The first kappa shape index (κ1) is 642. The summed E-state index contributed by atoms with van der Waals surface area (Å²) in [5.41, 5.74) is 0. The van der Waals surface area contributed by atoms with Crippen LogP contribution < -0.4 is 0 Å². The van der Waals surface area contributed by atoms with Crippen LogP contribution in [0, 0.1) is 0 Å². The van der Waals surface area contributed by atoms with Crippen LogP contribution in [0.4, 0.5) is 0 Å². The lowest BCUT2D eigenvalue weighted by atomic mass is 11.0. The van der Waals surface area contributed by atoms with Gasteiger partial charge < -0.3 is 0 Å². The maximum atomic E-state index is 2.00. The standard InChI is InChI=1S/67C2H6.9CH4/c67*1-2;;;;;;;;;/h67*1-2H3;9*1H4. The van der Waals surface area contributed by atoms with E-state index in [1.165, 1.54) is 0 Å². The highest BCUT2D eigenvalue weighted by Crippen LogP contribution is 1.28. The zero-order chi connectivity index (χ0) is 134. The molecule has 0 aliphatic heterocycles. The minimum Gasteiger partial charge on any atom is -0.0776 e. The Morgan fingerprint density at radius 2 is 0.0210 bits per heavy atom. The number of rotatable bonds is 0. The average Bonchev–Trinajstić information content (AvgIpc) is 4.08. The summed E-state index contributed by atoms with van der Waals surface area (Å²) in [7, 11) is 0. The first-order valence-corrected chi connectivity index (χ1v) is 67.0. The van der Waals surface area contributed by atoms with Crippen molar-refractivity contribution in [1.29, 1.82) is 0 Å². The van der Waals surface area contributed by atoms with Crippen molar-refractivity contribution in [2.24, 2.45) is 0 Å². The smallest absolute Gasteiger partial charge is 0.0683 e. The quantitative estimate of drug-likeness (QED) is 0.227. The lowest BCUT2D eigenvalue weighted by Crippen LogP contribution is -0.856. The van der Waals surface area contributed by atoms with Gasteiger partial charge in [-0.05, 0) is 0 Å². The van der Waals surface area contributed by atoms with Gasteiger partial charge in [0.15, 0.2) is 0 Å². The fourth-order valence-corrected chi connectivity index (χ4v) is 0. The summed E-state index contributed by atoms with van der Waals surface area (Å²) in [5, 5.41) is 0. The van der Waals surface area contributed by atoms with Crippen LogP contribution in [0.2, 0.25) is 0 Å². The molecule has 0 saturated carbocycles. The van der Waals surface area contributed by atoms with Crippen LogP contribution >= 0.6 is 0 Å². The van der Waals surface area contributed by atoms with Crippen molar-refractivity contribution in [3.8, 4) is 0 Å². The third-order valence-electron chi connectivity index (χ3n) is 0. The Balaban J connectivity index is -0.00000000430. The minimum absolute atomic E-state index is 0. The molecule has 0 radical (unpaired) electrons. The second-order valence-corrected chi connectivity index (χ2v) is 0. The molecule has 0 aliphatic carbocycles. The van der Waals surface area contributed by atoms with Crippen molar-refractivity contribution in [3.05, 3.63) is 0 Å². The van der Waals surface area contributed by atoms with Gasteiger partial charge in [-0.3, -0.25) is 0 Å². The molecule has 143 heavy (non-hydrogen) atoms. The van der Waals surface area contributed by atoms with Crippen molar-refractivity contribution in [3.63, 3.8) is 0 Å². The van der Waals surface area contributed by atoms with E-state index in [9.17, 15) is 0 Å². The molecule has 0 spiro atoms. The topological polar surface area (TPSA) is 0 Å². The van der Waals surface area contributed by atoms with E-state index in [2.05, 4.69) is 0 Å². The van der Waals surface area contributed by atoms with E-state index in [0.29, 0.717) is 0 Å². The SMILES string of the molecule is C.C.C.C.C.C.C.C.C.CC.CC.CC.CC.CC.CC.CC.CC.CC.CC.CC.CC.CC.CC.CC.CC.CC.CC.CC.CC.CC.CC.CC.CC.CC.CC.CC.CC.CC.CC.CC.CC.CC.CC.CC.CC.CC.CC.CC.CC.CC.CC.CC.CC.CC.CC.CC.CC.CC.CC.CC.CC.CC.CC.CC.CC.CC.CC.CC.CC.CC.CC.CC.CC.CC.CC.CC. The maximum Gasteiger partial charge on any atom is -0.0683 e. The van der Waals surface area contributed by atoms with E-state index in [4.69, 9.17) is 0 Å². The van der Waals surface area contributed by atoms with Gasteiger partial charge in [0.25, 0.3) is 0 Å². The van der Waals surface area contributed by atoms with Gasteiger partial charge in [0, 0.05) is 0 Å². The predicted octanol–water partition coefficient (Wildman–Crippen LogP) is 74.5. The summed E-state index contributed by atoms with van der Waals surface area (Å²) in [4.78, 5) is 0. The van der Waals surface area contributed by atoms with Gasteiger partial charge in [0.05, 0.1) is 0 Å². The molecule has 0 heterocycles. The van der Waals surface area contributed by atoms with Crippen LogP contribution in [0.5, 0.6) is 0 Å². The highest BCUT2D eigenvalue weighted by Gasteiger charge is 1.06. The largest absolute Gasteiger partial charge is 0.0776 e. The third-order valence-corrected chi connectivity index (χ3v) is 0. The molecule has 0 nitrogen and oxygen atoms in total. The predicted molar refractivity (Wildman–Crippen MR) is 821 cm³/mol. The van der Waals surface area contributed by atoms with E-state index in [1.807, 2.05) is 928 Å². The Bertz CT molecular complexity index is 0. The molecule has 0 fully saturated rings. The molecule has 0 bridgehead atoms. The Morgan fingerprint density at radius 3 is 0.0210 bits per heavy atom. The second-order valence-electron chi connectivity index (χ2n) is 0. The Hall–Kier alpha value is 0. The minimum atomic E-state index is 0. The zero-order valence-corrected chi connectivity index (χ0v) is 134. The van der Waals surface area contributed by atoms with Crippen molar-refractivity contribution < 1.29 is 0 Å². The molecular weight excluding hydrogens is 1720 g/mol. The molecule has 0 N–H and O–H groups in total. The lowest BCUT2D eigenvalue weighted by molar-refractivity contribution is 1.50. The molecule has 0 aromatic rings. The molecule has 0 saturated heterocycles. The monoisotopic (exact) mass is 2160 g/mol. The molecule has 0 aliphatic rings. The van der Waals surface area contributed by atoms with Crippen molar-refractivity contribution in [1.82, 2.24) is 0 Å². The van der Waals surface area contributed by atoms with Gasteiger partial charge in [-0.15, -0.1) is 0 Å². The summed E-state index contributed by atoms with van der Waals surface area (Å²) in [6, 6.07) is 0. The van der Waals surface area contributed by atoms with Gasteiger partial charge in [0.1, 0.15) is 0 Å². The van der Waals surface area contributed by atoms with Crippen molar-refractivity contribution in [2.75, 3.05) is 0 Å². The van der Waals surface area contributed by atoms with Crippen LogP contribution in [-0.2, 0) is 0 Å². The number of hydrogen-bond acceptors (Lipinski definition) is 0. The normalized spacial score (nSPS) is 2.81. The second kappa shape index (κ2) is 0. The Morgan fingerprint density at radius 1 is 0.0210 bits per heavy atom. The highest BCUT2D eigenvalue weighted by atomic mass is 13.1. The first-order valence-electron chi connectivity index (χ1n) is 67.0. The molecule has 0 atom stereocenters. The van der Waals surface area contributed by atoms with E-state index in [1.54, 1.807) is 0 Å². The van der Waals surface area contributed by atoms with Crippen LogP contribution in [0.15, 0.2) is 0 Å². The van der Waals surface area contributed by atoms with Crippen LogP contribution in [0.1, 0.15) is 995 Å². The van der Waals surface area contributed by atoms with E-state index in [0.717, 1.165) is 0 Å². The Labute approximate surface area is 988 Å². The summed E-state index contributed by atoms with van der Waals surface area (Å²) >= 11 is 0. The summed E-state index contributed by atoms with van der Waals surface area (Å²) in [6.07, 6.45) is 0. The van der Waals surface area contributed by atoms with E-state index >= 15 is 0 Å². The van der Waals surface area contributed by atoms with Gasteiger partial charge in [-0.25, -0.2) is 0 Å². The van der Waals surface area contributed by atoms with Crippen molar-refractivity contribution >= 4 is 0 Å². The molecule has 0 unspecified atom stereocenters. The van der Waals surface area contributed by atoms with Gasteiger partial charge in [0.2, 0.25) is 0 Å². The average molecular weight is 2160 g/mol. The number of hydrogen-bond donors (Lipinski definition) is 0. The molecule has 0 heteroatoms. The Kier molecular flexibility index (Phi) is 0. The summed E-state index contributed by atoms with van der Waals surface area (Å²) in [6.45, 7) is 268. The highest BCUT2D eigenvalue weighted by molar-refractivity contribution is 3.64. The van der Waals surface area contributed by atoms with Crippen molar-refractivity contribution in [2.45, 2.75) is 995 Å². The van der Waals surface area contributed by atoms with Gasteiger partial charge >= 0.3 is 0 Å². The molecule has 0 aromatic heterocycles. The first-order chi connectivity index (χ1) is 67.0. The zero-order valence-electron chi connectivity index (χ0n) is 134. The third kappa shape index (κ3) is 0. The van der Waals surface area contributed by atoms with Crippen LogP contribution in [0.25, 0.3) is 0 Å². The summed E-state index contributed by atoms with van der Waals surface area (Å²) in [5.74, 6) is 0. The molecule has 1010 valence electrons. The lowest BCUT2D eigenvalue weighted by Gasteiger charge is -1.07. The van der Waals surface area contributed by atoms with E-state index < -0.39 is 0 Å². The fourth-order valence-electron chi connectivity index (χ4n) is 0. The van der Waals surface area contributed by atoms with Crippen LogP contribution in [-0.4, -0.2) is 0 Å². The fraction of sp³-hybridized carbons (Fsp3) is 1.00. The van der Waals surface area contributed by atoms with Crippen LogP contribution in [0.3, 0.4) is 0 Å². The molecule has 0 amide bonds. The van der Waals surface area contributed by atoms with Gasteiger partial charge in [-0.2, -0.15) is 0 Å². The molecule has 0 rings (SSSR count).